The highest BCUT2D eigenvalue weighted by atomic mass is 32.2. The normalized spacial score (nSPS) is 17.2. The van der Waals surface area contributed by atoms with E-state index in [9.17, 15) is 9.59 Å². The minimum absolute atomic E-state index is 0.256. The lowest BCUT2D eigenvalue weighted by Gasteiger charge is -1.99. The van der Waals surface area contributed by atoms with Crippen LogP contribution in [-0.4, -0.2) is 11.1 Å². The van der Waals surface area contributed by atoms with Crippen molar-refractivity contribution in [1.29, 1.82) is 0 Å². The largest absolute Gasteiger partial charge is 0.290 e. The first-order valence-electron chi connectivity index (χ1n) is 6.03. The van der Waals surface area contributed by atoms with Crippen molar-refractivity contribution in [2.24, 2.45) is 0 Å². The molecule has 0 atom stereocenters. The van der Waals surface area contributed by atoms with Gasteiger partial charge >= 0.3 is 0 Å². The molecule has 1 N–H and O–H groups in total. The van der Waals surface area contributed by atoms with Gasteiger partial charge in [0.05, 0.1) is 4.91 Å². The monoisotopic (exact) mass is 261 g/mol. The summed E-state index contributed by atoms with van der Waals surface area (Å²) in [6, 6.07) is 10.3. The molecule has 18 heavy (non-hydrogen) atoms. The summed E-state index contributed by atoms with van der Waals surface area (Å²) in [6.07, 6.45) is 5.88. The molecule has 1 fully saturated rings. The van der Waals surface area contributed by atoms with Gasteiger partial charge in [-0.05, 0) is 43.0 Å². The molecule has 0 aliphatic carbocycles. The number of hydrogen-bond acceptors (Lipinski definition) is 3. The van der Waals surface area contributed by atoms with Crippen LogP contribution in [0.5, 0.6) is 0 Å². The van der Waals surface area contributed by atoms with Crippen LogP contribution in [0.3, 0.4) is 0 Å². The molecule has 4 heteroatoms. The summed E-state index contributed by atoms with van der Waals surface area (Å²) in [5.41, 5.74) is 1.34. The molecule has 1 aromatic rings. The summed E-state index contributed by atoms with van der Waals surface area (Å²) in [7, 11) is 0. The molecule has 94 valence electrons. The molecular formula is C14H15NO2S. The molecule has 0 saturated carbocycles. The Morgan fingerprint density at radius 2 is 1.89 bits per heavy atom. The van der Waals surface area contributed by atoms with Crippen molar-refractivity contribution in [3.63, 3.8) is 0 Å². The van der Waals surface area contributed by atoms with Crippen molar-refractivity contribution < 1.29 is 9.59 Å². The second-order valence-electron chi connectivity index (χ2n) is 4.14. The quantitative estimate of drug-likeness (QED) is 0.653. The van der Waals surface area contributed by atoms with E-state index in [1.807, 2.05) is 24.3 Å². The topological polar surface area (TPSA) is 46.2 Å². The van der Waals surface area contributed by atoms with E-state index in [-0.39, 0.29) is 11.1 Å². The minimum atomic E-state index is -0.268. The van der Waals surface area contributed by atoms with Gasteiger partial charge in [0.15, 0.2) is 0 Å². The average molecular weight is 261 g/mol. The van der Waals surface area contributed by atoms with Gasteiger partial charge < -0.3 is 0 Å². The minimum Gasteiger partial charge on any atom is -0.282 e. The zero-order valence-electron chi connectivity index (χ0n) is 10.0. The van der Waals surface area contributed by atoms with Crippen LogP contribution < -0.4 is 5.32 Å². The maximum Gasteiger partial charge on any atom is 0.290 e. The lowest BCUT2D eigenvalue weighted by Crippen LogP contribution is -2.17. The summed E-state index contributed by atoms with van der Waals surface area (Å²) in [5, 5.41) is 1.98. The standard InChI is InChI=1S/C14H15NO2S/c16-13-12(18-14(17)15-13)10-6-2-5-9-11-7-3-1-4-8-11/h1,3-4,7-8,10H,2,5-6,9H2,(H,15,16,17). The Kier molecular flexibility index (Phi) is 4.59. The predicted molar refractivity (Wildman–Crippen MR) is 73.2 cm³/mol. The van der Waals surface area contributed by atoms with Crippen molar-refractivity contribution in [3.05, 3.63) is 46.9 Å². The van der Waals surface area contributed by atoms with Gasteiger partial charge in [-0.25, -0.2) is 0 Å². The fraction of sp³-hybridized carbons (Fsp3) is 0.286. The van der Waals surface area contributed by atoms with Crippen LogP contribution in [0.2, 0.25) is 0 Å². The number of nitrogens with one attached hydrogen (secondary N) is 1. The molecule has 2 rings (SSSR count). The molecule has 1 aliphatic heterocycles. The third-order valence-electron chi connectivity index (χ3n) is 2.73. The number of unbranched alkanes of at least 4 members (excludes halogenated alkanes) is 2. The molecule has 0 bridgehead atoms. The molecule has 0 aromatic heterocycles. The molecule has 1 aliphatic rings. The molecule has 3 nitrogen and oxygen atoms in total. The van der Waals surface area contributed by atoms with Crippen LogP contribution in [0, 0.1) is 0 Å². The summed E-state index contributed by atoms with van der Waals surface area (Å²) in [5.74, 6) is -0.256. The Morgan fingerprint density at radius 3 is 2.56 bits per heavy atom. The Bertz CT molecular complexity index is 468. The lowest BCUT2D eigenvalue weighted by atomic mass is 10.1. The molecule has 1 aromatic carbocycles. The van der Waals surface area contributed by atoms with Crippen molar-refractivity contribution in [1.82, 2.24) is 5.32 Å². The lowest BCUT2D eigenvalue weighted by molar-refractivity contribution is -0.115. The maximum absolute atomic E-state index is 11.2. The van der Waals surface area contributed by atoms with Gasteiger partial charge in [-0.1, -0.05) is 36.4 Å². The number of carbonyl (C=O) groups is 2. The average Bonchev–Trinajstić information content (AvgIpc) is 2.69. The van der Waals surface area contributed by atoms with Gasteiger partial charge in [0, 0.05) is 0 Å². The number of rotatable bonds is 5. The van der Waals surface area contributed by atoms with E-state index in [1.54, 1.807) is 0 Å². The number of hydrogen-bond donors (Lipinski definition) is 1. The second kappa shape index (κ2) is 6.40. The third-order valence-corrected chi connectivity index (χ3v) is 3.59. The SMILES string of the molecule is O=C1NC(=O)C(=CCCCCc2ccccc2)S1. The fourth-order valence-electron chi connectivity index (χ4n) is 1.81. The fourth-order valence-corrected chi connectivity index (χ4v) is 2.50. The molecular weight excluding hydrogens is 246 g/mol. The summed E-state index contributed by atoms with van der Waals surface area (Å²) >= 11 is 0.990. The number of imide groups is 1. The predicted octanol–water partition coefficient (Wildman–Crippen LogP) is 3.27. The van der Waals surface area contributed by atoms with E-state index in [4.69, 9.17) is 0 Å². The van der Waals surface area contributed by atoms with Gasteiger partial charge in [0.2, 0.25) is 0 Å². The molecule has 1 heterocycles. The number of benzene rings is 1. The third kappa shape index (κ3) is 3.74. The van der Waals surface area contributed by atoms with E-state index in [0.717, 1.165) is 37.4 Å². The summed E-state index contributed by atoms with van der Waals surface area (Å²) in [4.78, 5) is 22.7. The number of carbonyl (C=O) groups excluding carboxylic acids is 2. The van der Waals surface area contributed by atoms with E-state index in [1.165, 1.54) is 5.56 Å². The van der Waals surface area contributed by atoms with Gasteiger partial charge in [0.25, 0.3) is 11.1 Å². The van der Waals surface area contributed by atoms with Crippen LogP contribution in [0.25, 0.3) is 0 Å². The van der Waals surface area contributed by atoms with Gasteiger partial charge in [-0.15, -0.1) is 0 Å². The smallest absolute Gasteiger partial charge is 0.282 e. The van der Waals surface area contributed by atoms with E-state index >= 15 is 0 Å². The number of thioether (sulfide) groups is 1. The number of aryl methyl sites for hydroxylation is 1. The molecule has 0 spiro atoms. The van der Waals surface area contributed by atoms with Gasteiger partial charge in [-0.2, -0.15) is 0 Å². The first-order chi connectivity index (χ1) is 8.75. The first kappa shape index (κ1) is 12.9. The first-order valence-corrected chi connectivity index (χ1v) is 6.84. The Morgan fingerprint density at radius 1 is 1.11 bits per heavy atom. The molecule has 2 amide bonds. The van der Waals surface area contributed by atoms with Crippen LogP contribution in [0.4, 0.5) is 4.79 Å². The van der Waals surface area contributed by atoms with Crippen molar-refractivity contribution >= 4 is 22.9 Å². The van der Waals surface area contributed by atoms with E-state index in [0.29, 0.717) is 4.91 Å². The highest BCUT2D eigenvalue weighted by molar-refractivity contribution is 8.18. The number of allylic oxidation sites excluding steroid dienone is 1. The van der Waals surface area contributed by atoms with Crippen molar-refractivity contribution in [3.8, 4) is 0 Å². The van der Waals surface area contributed by atoms with E-state index < -0.39 is 0 Å². The molecule has 0 unspecified atom stereocenters. The summed E-state index contributed by atoms with van der Waals surface area (Å²) < 4.78 is 0. The summed E-state index contributed by atoms with van der Waals surface area (Å²) in [6.45, 7) is 0. The Balaban J connectivity index is 1.69. The number of amides is 2. The van der Waals surface area contributed by atoms with E-state index in [2.05, 4.69) is 17.4 Å². The van der Waals surface area contributed by atoms with Crippen LogP contribution >= 0.6 is 11.8 Å². The molecule has 0 radical (unpaired) electrons. The Hall–Kier alpha value is -1.55. The Labute approximate surface area is 111 Å². The zero-order valence-corrected chi connectivity index (χ0v) is 10.8. The van der Waals surface area contributed by atoms with Crippen LogP contribution in [0.1, 0.15) is 24.8 Å². The van der Waals surface area contributed by atoms with Crippen LogP contribution in [0.15, 0.2) is 41.3 Å². The van der Waals surface area contributed by atoms with Gasteiger partial charge in [0.1, 0.15) is 0 Å². The zero-order chi connectivity index (χ0) is 12.8. The highest BCUT2D eigenvalue weighted by Gasteiger charge is 2.24. The van der Waals surface area contributed by atoms with Crippen molar-refractivity contribution in [2.75, 3.05) is 0 Å². The molecule has 1 saturated heterocycles. The van der Waals surface area contributed by atoms with Crippen molar-refractivity contribution in [2.45, 2.75) is 25.7 Å². The van der Waals surface area contributed by atoms with Gasteiger partial charge in [-0.3, -0.25) is 14.9 Å². The highest BCUT2D eigenvalue weighted by Crippen LogP contribution is 2.23. The second-order valence-corrected chi connectivity index (χ2v) is 5.16. The van der Waals surface area contributed by atoms with Crippen LogP contribution in [-0.2, 0) is 11.2 Å². The maximum atomic E-state index is 11.2.